The molecule has 3 aromatic rings. The highest BCUT2D eigenvalue weighted by Gasteiger charge is 2.18. The third-order valence-electron chi connectivity index (χ3n) is 4.81. The smallest absolute Gasteiger partial charge is 0.251 e. The van der Waals surface area contributed by atoms with Crippen LogP contribution in [-0.4, -0.2) is 20.4 Å². The number of ether oxygens (including phenoxy) is 1. The SMILES string of the molecule is Cc1ccc(S(=O)(=O)NCc2ccco2)cc1C(=O)NCc1cccc(COC(C)C)c1. The fourth-order valence-electron chi connectivity index (χ4n) is 3.05. The first-order valence-electron chi connectivity index (χ1n) is 10.3. The molecule has 0 bridgehead atoms. The molecule has 0 aliphatic heterocycles. The first-order chi connectivity index (χ1) is 15.2. The topological polar surface area (TPSA) is 97.6 Å². The van der Waals surface area contributed by atoms with Gasteiger partial charge in [-0.05, 0) is 61.7 Å². The van der Waals surface area contributed by atoms with Crippen LogP contribution >= 0.6 is 0 Å². The van der Waals surface area contributed by atoms with Crippen molar-refractivity contribution >= 4 is 15.9 Å². The molecular formula is C24H28N2O5S. The van der Waals surface area contributed by atoms with Crippen LogP contribution in [0.4, 0.5) is 0 Å². The van der Waals surface area contributed by atoms with Gasteiger partial charge in [0.2, 0.25) is 10.0 Å². The second kappa shape index (κ2) is 10.6. The summed E-state index contributed by atoms with van der Waals surface area (Å²) >= 11 is 0. The van der Waals surface area contributed by atoms with Gasteiger partial charge in [0.25, 0.3) is 5.91 Å². The van der Waals surface area contributed by atoms with Crippen molar-refractivity contribution in [3.05, 3.63) is 88.9 Å². The van der Waals surface area contributed by atoms with E-state index in [0.717, 1.165) is 11.1 Å². The number of carbonyl (C=O) groups is 1. The Kier molecular flexibility index (Phi) is 7.84. The number of benzene rings is 2. The molecule has 2 aromatic carbocycles. The Labute approximate surface area is 188 Å². The zero-order valence-corrected chi connectivity index (χ0v) is 19.2. The first-order valence-corrected chi connectivity index (χ1v) is 11.8. The number of nitrogens with one attached hydrogen (secondary N) is 2. The van der Waals surface area contributed by atoms with Crippen LogP contribution in [0.15, 0.2) is 70.2 Å². The molecule has 1 amide bonds. The van der Waals surface area contributed by atoms with E-state index in [1.54, 1.807) is 25.1 Å². The average Bonchev–Trinajstić information content (AvgIpc) is 3.29. The maximum Gasteiger partial charge on any atom is 0.251 e. The minimum atomic E-state index is -3.80. The molecule has 0 saturated heterocycles. The van der Waals surface area contributed by atoms with Gasteiger partial charge >= 0.3 is 0 Å². The number of aryl methyl sites for hydroxylation is 1. The second-order valence-electron chi connectivity index (χ2n) is 7.74. The number of rotatable bonds is 10. The minimum absolute atomic E-state index is 0.0210. The summed E-state index contributed by atoms with van der Waals surface area (Å²) in [5.74, 6) is 0.161. The van der Waals surface area contributed by atoms with Gasteiger partial charge < -0.3 is 14.5 Å². The molecule has 0 atom stereocenters. The van der Waals surface area contributed by atoms with Crippen molar-refractivity contribution in [1.29, 1.82) is 0 Å². The van der Waals surface area contributed by atoms with Crippen molar-refractivity contribution in [2.75, 3.05) is 0 Å². The maximum atomic E-state index is 12.8. The van der Waals surface area contributed by atoms with Crippen LogP contribution in [-0.2, 0) is 34.5 Å². The number of sulfonamides is 1. The van der Waals surface area contributed by atoms with Crippen LogP contribution in [0, 0.1) is 6.92 Å². The molecule has 3 rings (SSSR count). The van der Waals surface area contributed by atoms with E-state index in [1.807, 2.05) is 38.1 Å². The van der Waals surface area contributed by atoms with Crippen LogP contribution in [0.2, 0.25) is 0 Å². The molecule has 2 N–H and O–H groups in total. The van der Waals surface area contributed by atoms with E-state index in [0.29, 0.717) is 30.0 Å². The lowest BCUT2D eigenvalue weighted by Gasteiger charge is -2.12. The number of amides is 1. The van der Waals surface area contributed by atoms with Crippen LogP contribution in [0.5, 0.6) is 0 Å². The van der Waals surface area contributed by atoms with E-state index in [-0.39, 0.29) is 23.5 Å². The van der Waals surface area contributed by atoms with Crippen molar-refractivity contribution in [3.63, 3.8) is 0 Å². The molecule has 1 heterocycles. The average molecular weight is 457 g/mol. The van der Waals surface area contributed by atoms with Gasteiger partial charge in [0.1, 0.15) is 5.76 Å². The molecule has 7 nitrogen and oxygen atoms in total. The lowest BCUT2D eigenvalue weighted by atomic mass is 10.1. The number of furan rings is 1. The molecule has 32 heavy (non-hydrogen) atoms. The van der Waals surface area contributed by atoms with Gasteiger partial charge in [-0.2, -0.15) is 0 Å². The van der Waals surface area contributed by atoms with Crippen LogP contribution in [0.1, 0.15) is 46.7 Å². The van der Waals surface area contributed by atoms with Gasteiger partial charge in [0, 0.05) is 12.1 Å². The summed E-state index contributed by atoms with van der Waals surface area (Å²) in [6, 6.07) is 15.7. The van der Waals surface area contributed by atoms with Gasteiger partial charge in [-0.3, -0.25) is 4.79 Å². The first kappa shape index (κ1) is 23.7. The van der Waals surface area contributed by atoms with Gasteiger partial charge in [0.15, 0.2) is 0 Å². The third-order valence-corrected chi connectivity index (χ3v) is 6.21. The van der Waals surface area contributed by atoms with Crippen LogP contribution in [0.25, 0.3) is 0 Å². The Morgan fingerprint density at radius 3 is 2.53 bits per heavy atom. The molecule has 0 radical (unpaired) electrons. The van der Waals surface area contributed by atoms with Gasteiger partial charge in [-0.15, -0.1) is 0 Å². The molecule has 0 aliphatic rings. The van der Waals surface area contributed by atoms with Gasteiger partial charge in [-0.25, -0.2) is 13.1 Å². The van der Waals surface area contributed by atoms with E-state index in [9.17, 15) is 13.2 Å². The Hall–Kier alpha value is -2.94. The Morgan fingerprint density at radius 2 is 1.81 bits per heavy atom. The molecule has 0 aliphatic carbocycles. The lowest BCUT2D eigenvalue weighted by molar-refractivity contribution is 0.0657. The molecule has 8 heteroatoms. The summed E-state index contributed by atoms with van der Waals surface area (Å²) in [4.78, 5) is 12.8. The lowest BCUT2D eigenvalue weighted by Crippen LogP contribution is -2.26. The Bertz CT molecular complexity index is 1150. The molecule has 1 aromatic heterocycles. The van der Waals surface area contributed by atoms with Crippen molar-refractivity contribution in [1.82, 2.24) is 10.0 Å². The summed E-state index contributed by atoms with van der Waals surface area (Å²) in [5, 5.41) is 2.87. The predicted octanol–water partition coefficient (Wildman–Crippen LogP) is 3.92. The summed E-state index contributed by atoms with van der Waals surface area (Å²) in [6.07, 6.45) is 1.61. The second-order valence-corrected chi connectivity index (χ2v) is 9.51. The van der Waals surface area contributed by atoms with E-state index in [4.69, 9.17) is 9.15 Å². The van der Waals surface area contributed by atoms with Gasteiger partial charge in [0.05, 0.1) is 30.4 Å². The molecular weight excluding hydrogens is 428 g/mol. The fraction of sp³-hybridized carbons (Fsp3) is 0.292. The van der Waals surface area contributed by atoms with Crippen LogP contribution < -0.4 is 10.0 Å². The highest BCUT2D eigenvalue weighted by atomic mass is 32.2. The monoisotopic (exact) mass is 456 g/mol. The summed E-state index contributed by atoms with van der Waals surface area (Å²) in [7, 11) is -3.80. The van der Waals surface area contributed by atoms with E-state index in [1.165, 1.54) is 18.4 Å². The molecule has 0 unspecified atom stereocenters. The van der Waals surface area contributed by atoms with E-state index < -0.39 is 10.0 Å². The largest absolute Gasteiger partial charge is 0.468 e. The summed E-state index contributed by atoms with van der Waals surface area (Å²) < 4.78 is 38.6. The maximum absolute atomic E-state index is 12.8. The van der Waals surface area contributed by atoms with Crippen molar-refractivity contribution in [3.8, 4) is 0 Å². The van der Waals surface area contributed by atoms with Crippen LogP contribution in [0.3, 0.4) is 0 Å². The van der Waals surface area contributed by atoms with Crippen molar-refractivity contribution in [2.24, 2.45) is 0 Å². The Morgan fingerprint density at radius 1 is 1.03 bits per heavy atom. The number of carbonyl (C=O) groups excluding carboxylic acids is 1. The highest BCUT2D eigenvalue weighted by Crippen LogP contribution is 2.17. The fourth-order valence-corrected chi connectivity index (χ4v) is 4.06. The van der Waals surface area contributed by atoms with Crippen molar-refractivity contribution in [2.45, 2.75) is 51.5 Å². The molecule has 0 saturated carbocycles. The normalized spacial score (nSPS) is 11.6. The number of hydrogen-bond donors (Lipinski definition) is 2. The quantitative estimate of drug-likeness (QED) is 0.482. The molecule has 0 fully saturated rings. The zero-order valence-electron chi connectivity index (χ0n) is 18.4. The Balaban J connectivity index is 1.67. The standard InChI is InChI=1S/C24H28N2O5S/c1-17(2)31-16-20-7-4-6-19(12-20)14-25-24(27)23-13-22(10-9-18(23)3)32(28,29)26-15-21-8-5-11-30-21/h4-13,17,26H,14-16H2,1-3H3,(H,25,27). The highest BCUT2D eigenvalue weighted by molar-refractivity contribution is 7.89. The minimum Gasteiger partial charge on any atom is -0.468 e. The van der Waals surface area contributed by atoms with Gasteiger partial charge in [-0.1, -0.05) is 30.3 Å². The predicted molar refractivity (Wildman–Crippen MR) is 121 cm³/mol. The summed E-state index contributed by atoms with van der Waals surface area (Å²) in [5.41, 5.74) is 2.96. The molecule has 170 valence electrons. The number of hydrogen-bond acceptors (Lipinski definition) is 5. The van der Waals surface area contributed by atoms with E-state index >= 15 is 0 Å². The summed E-state index contributed by atoms with van der Waals surface area (Å²) in [6.45, 7) is 6.58. The third kappa shape index (κ3) is 6.53. The van der Waals surface area contributed by atoms with Crippen molar-refractivity contribution < 1.29 is 22.4 Å². The molecule has 0 spiro atoms. The van der Waals surface area contributed by atoms with E-state index in [2.05, 4.69) is 10.0 Å². The zero-order chi connectivity index (χ0) is 23.1.